The van der Waals surface area contributed by atoms with Crippen LogP contribution in [0.25, 0.3) is 22.5 Å². The SMILES string of the molecule is C[C@@H](COC1(C(=O)O)CC1)NC1CCC(Cc2cc(-c3cccc(NCC4(C#N)CCOCC4)n3)c(Cl)cn2)CC1.C[C@@H](COC1(C(=O)OC(C)(C)C)CC1)NC1CCC(Cc2cc(-c3cccc(NCC4(C#N)CCOCC4)n3)c(Cl)cn2)CC1. The lowest BCUT2D eigenvalue weighted by molar-refractivity contribution is -0.172. The largest absolute Gasteiger partial charge is 0.479 e. The second kappa shape index (κ2) is 29.2. The van der Waals surface area contributed by atoms with Gasteiger partial charge in [-0.2, -0.15) is 10.5 Å². The van der Waals surface area contributed by atoms with Gasteiger partial charge in [0.25, 0.3) is 0 Å². The molecule has 0 unspecified atom stereocenters. The highest BCUT2D eigenvalue weighted by Crippen LogP contribution is 2.43. The number of rotatable bonds is 24. The fourth-order valence-corrected chi connectivity index (χ4v) is 12.6. The number of carboxylic acid groups (broad SMARTS) is 1. The maximum atomic E-state index is 12.6. The summed E-state index contributed by atoms with van der Waals surface area (Å²) >= 11 is 13.2. The lowest BCUT2D eigenvalue weighted by Gasteiger charge is -2.32. The monoisotopic (exact) mass is 1220 g/mol. The summed E-state index contributed by atoms with van der Waals surface area (Å²) < 4.78 is 28.3. The van der Waals surface area contributed by atoms with E-state index in [0.29, 0.717) is 112 Å². The van der Waals surface area contributed by atoms with E-state index in [4.69, 9.17) is 56.9 Å². The molecule has 86 heavy (non-hydrogen) atoms. The Morgan fingerprint density at radius 3 is 1.43 bits per heavy atom. The first kappa shape index (κ1) is 64.9. The Labute approximate surface area is 518 Å². The standard InChI is InChI=1S/C35H48ClN5O4.C31H40ClN5O4/c1-24(21-44-35(12-13-35)32(42)45-33(2,3)4)40-26-10-8-25(9-11-26)18-27-19-28(29(36)20-38-27)30-6-5-7-31(41-30)39-23-34(22-37)14-16-43-17-15-34;1-21(18-41-31(9-10-31)29(38)39)36-23-7-5-22(6-8-23)15-24-16-25(26(32)17-34-24)27-3-2-4-28(37-27)35-20-30(19-33)11-13-40-14-12-30/h5-7,19-20,24-26,40H,8-18,21,23H2,1-4H3,(H,39,41);2-4,16-17,21-23,36H,5-15,18,20H2,1H3,(H,35,37)(H,38,39)/t24-,25?,26?;21-,22?,23?/m00/s1. The predicted molar refractivity (Wildman–Crippen MR) is 332 cm³/mol. The Hall–Kier alpha value is -5.54. The van der Waals surface area contributed by atoms with Crippen LogP contribution in [0.4, 0.5) is 11.6 Å². The fraction of sp³-hybridized carbons (Fsp3) is 0.636. The number of nitrogens with one attached hydrogen (secondary N) is 4. The van der Waals surface area contributed by atoms with Crippen LogP contribution in [0, 0.1) is 45.3 Å². The molecule has 5 N–H and O–H groups in total. The van der Waals surface area contributed by atoms with Gasteiger partial charge < -0.3 is 50.1 Å². The van der Waals surface area contributed by atoms with Crippen LogP contribution in [-0.2, 0) is 46.1 Å². The summed E-state index contributed by atoms with van der Waals surface area (Å²) in [6.45, 7) is 14.3. The first-order chi connectivity index (χ1) is 41.3. The number of esters is 1. The number of aromatic nitrogens is 4. The van der Waals surface area contributed by atoms with E-state index in [-0.39, 0.29) is 18.1 Å². The quantitative estimate of drug-likeness (QED) is 0.0409. The average Bonchev–Trinajstić information content (AvgIpc) is 3.84. The van der Waals surface area contributed by atoms with Crippen LogP contribution < -0.4 is 21.3 Å². The molecule has 6 heterocycles. The fourth-order valence-electron chi connectivity index (χ4n) is 12.2. The number of carbonyl (C=O) groups is 2. The number of carboxylic acids is 1. The molecule has 0 radical (unpaired) electrons. The van der Waals surface area contributed by atoms with Crippen LogP contribution in [0.15, 0.2) is 60.9 Å². The molecular formula is C66H88Cl2N10O8. The molecule has 0 aromatic carbocycles. The third kappa shape index (κ3) is 18.1. The van der Waals surface area contributed by atoms with Crippen molar-refractivity contribution in [3.05, 3.63) is 82.4 Å². The molecule has 2 atom stereocenters. The molecule has 4 saturated carbocycles. The molecule has 18 nitrogen and oxygen atoms in total. The topological polar surface area (TPSA) is 248 Å². The minimum Gasteiger partial charge on any atom is -0.479 e. The van der Waals surface area contributed by atoms with Gasteiger partial charge in [-0.1, -0.05) is 35.3 Å². The number of halogens is 2. The molecule has 20 heteroatoms. The molecule has 0 amide bonds. The van der Waals surface area contributed by atoms with Crippen molar-refractivity contribution in [1.29, 1.82) is 10.5 Å². The van der Waals surface area contributed by atoms with Gasteiger partial charge in [0.15, 0.2) is 11.2 Å². The molecule has 6 fully saturated rings. The van der Waals surface area contributed by atoms with Crippen LogP contribution in [0.2, 0.25) is 10.0 Å². The zero-order valence-corrected chi connectivity index (χ0v) is 52.4. The molecule has 2 saturated heterocycles. The molecular weight excluding hydrogens is 1130 g/mol. The molecule has 464 valence electrons. The minimum absolute atomic E-state index is 0.119. The number of hydrogen-bond donors (Lipinski definition) is 5. The lowest BCUT2D eigenvalue weighted by atomic mass is 9.82. The van der Waals surface area contributed by atoms with Gasteiger partial charge in [-0.25, -0.2) is 19.6 Å². The van der Waals surface area contributed by atoms with Crippen molar-refractivity contribution >= 4 is 46.8 Å². The summed E-state index contributed by atoms with van der Waals surface area (Å²) in [5.74, 6) is 1.47. The highest BCUT2D eigenvalue weighted by Gasteiger charge is 2.54. The lowest BCUT2D eigenvalue weighted by Crippen LogP contribution is -2.43. The highest BCUT2D eigenvalue weighted by molar-refractivity contribution is 6.33. The van der Waals surface area contributed by atoms with Gasteiger partial charge in [0.05, 0.1) is 57.6 Å². The minimum atomic E-state index is -0.934. The van der Waals surface area contributed by atoms with Gasteiger partial charge in [-0.05, 0) is 198 Å². The zero-order chi connectivity index (χ0) is 61.0. The summed E-state index contributed by atoms with van der Waals surface area (Å²) in [5, 5.41) is 44.1. The summed E-state index contributed by atoms with van der Waals surface area (Å²) in [5.41, 5.74) is 2.28. The molecule has 0 bridgehead atoms. The van der Waals surface area contributed by atoms with E-state index in [2.05, 4.69) is 69.4 Å². The van der Waals surface area contributed by atoms with Crippen molar-refractivity contribution in [2.24, 2.45) is 22.7 Å². The highest BCUT2D eigenvalue weighted by atomic mass is 35.5. The van der Waals surface area contributed by atoms with Gasteiger partial charge >= 0.3 is 11.9 Å². The third-order valence-electron chi connectivity index (χ3n) is 18.0. The van der Waals surface area contributed by atoms with Crippen LogP contribution in [-0.4, -0.2) is 131 Å². The van der Waals surface area contributed by atoms with Crippen molar-refractivity contribution in [2.75, 3.05) is 63.4 Å². The molecule has 2 aliphatic heterocycles. The first-order valence-electron chi connectivity index (χ1n) is 31.2. The number of carbonyl (C=O) groups excluding carboxylic acids is 1. The summed E-state index contributed by atoms with van der Waals surface area (Å²) in [6.07, 6.45) is 19.6. The zero-order valence-electron chi connectivity index (χ0n) is 50.9. The Morgan fingerprint density at radius 1 is 0.651 bits per heavy atom. The molecule has 10 rings (SSSR count). The Bertz CT molecular complexity index is 3000. The van der Waals surface area contributed by atoms with Gasteiger partial charge in [0, 0.05) is 98.6 Å². The van der Waals surface area contributed by atoms with E-state index in [0.717, 1.165) is 135 Å². The van der Waals surface area contributed by atoms with E-state index in [1.807, 2.05) is 57.2 Å². The van der Waals surface area contributed by atoms with Gasteiger partial charge in [0.2, 0.25) is 0 Å². The van der Waals surface area contributed by atoms with Crippen LogP contribution in [0.3, 0.4) is 0 Å². The smallest absolute Gasteiger partial charge is 0.338 e. The average molecular weight is 1220 g/mol. The molecule has 6 aliphatic rings. The number of ether oxygens (including phenoxy) is 5. The molecule has 4 aromatic heterocycles. The maximum absolute atomic E-state index is 12.6. The van der Waals surface area contributed by atoms with E-state index in [1.165, 1.54) is 0 Å². The maximum Gasteiger partial charge on any atom is 0.338 e. The van der Waals surface area contributed by atoms with Crippen molar-refractivity contribution in [2.45, 2.75) is 191 Å². The van der Waals surface area contributed by atoms with Crippen LogP contribution in [0.5, 0.6) is 0 Å². The second-order valence-electron chi connectivity index (χ2n) is 26.2. The molecule has 4 aliphatic carbocycles. The van der Waals surface area contributed by atoms with Crippen LogP contribution >= 0.6 is 23.2 Å². The summed E-state index contributed by atoms with van der Waals surface area (Å²) in [4.78, 5) is 42.8. The Kier molecular flexibility index (Phi) is 22.0. The van der Waals surface area contributed by atoms with E-state index in [1.54, 1.807) is 12.4 Å². The van der Waals surface area contributed by atoms with Crippen molar-refractivity contribution < 1.29 is 38.4 Å². The predicted octanol–water partition coefficient (Wildman–Crippen LogP) is 11.7. The number of aliphatic carboxylic acids is 1. The number of pyridine rings is 4. The van der Waals surface area contributed by atoms with E-state index < -0.39 is 33.6 Å². The van der Waals surface area contributed by atoms with E-state index in [9.17, 15) is 25.2 Å². The number of nitriles is 2. The first-order valence-corrected chi connectivity index (χ1v) is 32.0. The third-order valence-corrected chi connectivity index (χ3v) is 18.6. The second-order valence-corrected chi connectivity index (χ2v) is 27.1. The Balaban J connectivity index is 0.000000206. The number of nitrogens with zero attached hydrogens (tertiary/aromatic N) is 6. The Morgan fingerprint density at radius 2 is 1.06 bits per heavy atom. The van der Waals surface area contributed by atoms with Gasteiger partial charge in [0.1, 0.15) is 17.2 Å². The summed E-state index contributed by atoms with van der Waals surface area (Å²) in [6, 6.07) is 21.9. The van der Waals surface area contributed by atoms with Crippen molar-refractivity contribution in [3.63, 3.8) is 0 Å². The number of anilines is 2. The van der Waals surface area contributed by atoms with Gasteiger partial charge in [-0.15, -0.1) is 0 Å². The van der Waals surface area contributed by atoms with Crippen LogP contribution in [0.1, 0.15) is 149 Å². The number of hydrogen-bond acceptors (Lipinski definition) is 17. The van der Waals surface area contributed by atoms with Crippen molar-refractivity contribution in [3.8, 4) is 34.7 Å². The normalized spacial score (nSPS) is 23.4. The van der Waals surface area contributed by atoms with E-state index >= 15 is 0 Å². The van der Waals surface area contributed by atoms with Gasteiger partial charge in [-0.3, -0.25) is 9.97 Å². The summed E-state index contributed by atoms with van der Waals surface area (Å²) in [7, 11) is 0. The van der Waals surface area contributed by atoms with Crippen molar-refractivity contribution in [1.82, 2.24) is 30.6 Å². The molecule has 4 aromatic rings. The molecule has 0 spiro atoms.